The first-order valence-electron chi connectivity index (χ1n) is 8.33. The molecule has 1 aliphatic rings. The Labute approximate surface area is 154 Å². The zero-order valence-corrected chi connectivity index (χ0v) is 15.2. The van der Waals surface area contributed by atoms with E-state index in [1.165, 1.54) is 0 Å². The Morgan fingerprint density at radius 2 is 2.04 bits per heavy atom. The molecule has 0 saturated heterocycles. The number of carbonyl (C=O) groups is 2. The van der Waals surface area contributed by atoms with Gasteiger partial charge in [-0.05, 0) is 43.9 Å². The number of carboxylic acid groups (broad SMARTS) is 1. The van der Waals surface area contributed by atoms with E-state index < -0.39 is 5.97 Å². The van der Waals surface area contributed by atoms with Crippen molar-refractivity contribution in [3.8, 4) is 0 Å². The Balaban J connectivity index is 1.41. The summed E-state index contributed by atoms with van der Waals surface area (Å²) in [6.45, 7) is 0.504. The smallest absolute Gasteiger partial charge is 0.315 e. The third-order valence-corrected chi connectivity index (χ3v) is 5.76. The van der Waals surface area contributed by atoms with Crippen LogP contribution in [0.2, 0.25) is 5.02 Å². The van der Waals surface area contributed by atoms with Gasteiger partial charge in [0.15, 0.2) is 0 Å². The highest BCUT2D eigenvalue weighted by Gasteiger charge is 2.26. The number of hydrogen-bond donors (Lipinski definition) is 3. The second-order valence-electron chi connectivity index (χ2n) is 6.26. The number of nitrogens with one attached hydrogen (secondary N) is 2. The molecule has 1 aromatic heterocycles. The molecule has 3 N–H and O–H groups in total. The monoisotopic (exact) mass is 381 g/mol. The number of fused-ring (bicyclic) bond motifs is 1. The first kappa shape index (κ1) is 17.9. The Hall–Kier alpha value is -1.86. The molecule has 0 atom stereocenters. The largest absolute Gasteiger partial charge is 0.481 e. The van der Waals surface area contributed by atoms with Crippen molar-refractivity contribution in [2.45, 2.75) is 38.1 Å². The normalized spacial score (nSPS) is 20.4. The van der Waals surface area contributed by atoms with Gasteiger partial charge in [0.2, 0.25) is 0 Å². The molecule has 0 spiro atoms. The molecule has 0 radical (unpaired) electrons. The maximum Gasteiger partial charge on any atom is 0.315 e. The SMILES string of the molecule is O=C(NCCc1nc2cc(Cl)ccc2s1)NC1CCC(C(=O)O)CC1. The lowest BCUT2D eigenvalue weighted by atomic mass is 9.86. The molecule has 2 aromatic rings. The van der Waals surface area contributed by atoms with Crippen LogP contribution in [-0.2, 0) is 11.2 Å². The number of halogens is 1. The summed E-state index contributed by atoms with van der Waals surface area (Å²) in [4.78, 5) is 27.4. The molecule has 1 aliphatic carbocycles. The van der Waals surface area contributed by atoms with E-state index in [1.54, 1.807) is 11.3 Å². The van der Waals surface area contributed by atoms with Crippen molar-refractivity contribution in [2.75, 3.05) is 6.54 Å². The first-order chi connectivity index (χ1) is 12.0. The maximum atomic E-state index is 12.0. The highest BCUT2D eigenvalue weighted by Crippen LogP contribution is 2.25. The van der Waals surface area contributed by atoms with E-state index in [0.717, 1.165) is 15.2 Å². The number of urea groups is 1. The zero-order chi connectivity index (χ0) is 17.8. The quantitative estimate of drug-likeness (QED) is 0.739. The van der Waals surface area contributed by atoms with Gasteiger partial charge in [-0.25, -0.2) is 9.78 Å². The van der Waals surface area contributed by atoms with E-state index in [9.17, 15) is 9.59 Å². The van der Waals surface area contributed by atoms with Gasteiger partial charge < -0.3 is 15.7 Å². The number of thiazole rings is 1. The zero-order valence-electron chi connectivity index (χ0n) is 13.6. The average molecular weight is 382 g/mol. The molecule has 0 aliphatic heterocycles. The van der Waals surface area contributed by atoms with Crippen LogP contribution in [0.5, 0.6) is 0 Å². The van der Waals surface area contributed by atoms with Gasteiger partial charge in [0, 0.05) is 24.0 Å². The van der Waals surface area contributed by atoms with Crippen molar-refractivity contribution in [3.05, 3.63) is 28.2 Å². The molecule has 134 valence electrons. The summed E-state index contributed by atoms with van der Waals surface area (Å²) < 4.78 is 1.08. The van der Waals surface area contributed by atoms with Crippen LogP contribution in [0.3, 0.4) is 0 Å². The summed E-state index contributed by atoms with van der Waals surface area (Å²) in [6, 6.07) is 5.48. The lowest BCUT2D eigenvalue weighted by Gasteiger charge is -2.26. The van der Waals surface area contributed by atoms with E-state index >= 15 is 0 Å². The molecule has 0 unspecified atom stereocenters. The summed E-state index contributed by atoms with van der Waals surface area (Å²) in [7, 11) is 0. The van der Waals surface area contributed by atoms with Crippen molar-refractivity contribution in [2.24, 2.45) is 5.92 Å². The third-order valence-electron chi connectivity index (χ3n) is 4.43. The van der Waals surface area contributed by atoms with Crippen LogP contribution >= 0.6 is 22.9 Å². The van der Waals surface area contributed by atoms with Crippen LogP contribution in [0.4, 0.5) is 4.79 Å². The van der Waals surface area contributed by atoms with Crippen LogP contribution < -0.4 is 10.6 Å². The Morgan fingerprint density at radius 1 is 1.28 bits per heavy atom. The average Bonchev–Trinajstić information content (AvgIpc) is 2.97. The van der Waals surface area contributed by atoms with Crippen molar-refractivity contribution < 1.29 is 14.7 Å². The topological polar surface area (TPSA) is 91.3 Å². The van der Waals surface area contributed by atoms with E-state index in [4.69, 9.17) is 16.7 Å². The predicted octanol–water partition coefficient (Wildman–Crippen LogP) is 3.43. The Kier molecular flexibility index (Phi) is 5.75. The van der Waals surface area contributed by atoms with E-state index in [0.29, 0.717) is 43.7 Å². The van der Waals surface area contributed by atoms with Crippen LogP contribution in [-0.4, -0.2) is 34.7 Å². The fourth-order valence-electron chi connectivity index (χ4n) is 3.06. The standard InChI is InChI=1S/C17H20ClN3O3S/c18-11-3-6-14-13(9-11)21-15(25-14)7-8-19-17(24)20-12-4-1-10(2-5-12)16(22)23/h3,6,9-10,12H,1-2,4-5,7-8H2,(H,22,23)(H2,19,20,24). The van der Waals surface area contributed by atoms with Gasteiger partial charge in [-0.3, -0.25) is 4.79 Å². The summed E-state index contributed by atoms with van der Waals surface area (Å²) in [6.07, 6.45) is 3.32. The molecule has 25 heavy (non-hydrogen) atoms. The second kappa shape index (κ2) is 8.01. The van der Waals surface area contributed by atoms with E-state index in [1.807, 2.05) is 18.2 Å². The summed E-state index contributed by atoms with van der Waals surface area (Å²) in [5.74, 6) is -1.01. The number of aromatic nitrogens is 1. The molecular formula is C17H20ClN3O3S. The van der Waals surface area contributed by atoms with Gasteiger partial charge in [-0.15, -0.1) is 11.3 Å². The number of benzene rings is 1. The number of amides is 2. The van der Waals surface area contributed by atoms with Crippen LogP contribution in [0.1, 0.15) is 30.7 Å². The maximum absolute atomic E-state index is 12.0. The van der Waals surface area contributed by atoms with Gasteiger partial charge in [0.1, 0.15) is 0 Å². The number of carbonyl (C=O) groups excluding carboxylic acids is 1. The second-order valence-corrected chi connectivity index (χ2v) is 7.81. The summed E-state index contributed by atoms with van der Waals surface area (Å²) in [5.41, 5.74) is 0.882. The Morgan fingerprint density at radius 3 is 2.76 bits per heavy atom. The predicted molar refractivity (Wildman–Crippen MR) is 98.3 cm³/mol. The number of hydrogen-bond acceptors (Lipinski definition) is 4. The molecule has 6 nitrogen and oxygen atoms in total. The van der Waals surface area contributed by atoms with Crippen LogP contribution in [0, 0.1) is 5.92 Å². The summed E-state index contributed by atoms with van der Waals surface area (Å²) >= 11 is 7.56. The molecule has 1 fully saturated rings. The van der Waals surface area contributed by atoms with Crippen molar-refractivity contribution in [1.82, 2.24) is 15.6 Å². The highest BCUT2D eigenvalue weighted by molar-refractivity contribution is 7.18. The van der Waals surface area contributed by atoms with Crippen molar-refractivity contribution in [1.29, 1.82) is 0 Å². The number of rotatable bonds is 5. The summed E-state index contributed by atoms with van der Waals surface area (Å²) in [5, 5.41) is 16.4. The van der Waals surface area contributed by atoms with Gasteiger partial charge in [-0.1, -0.05) is 11.6 Å². The minimum absolute atomic E-state index is 0.0557. The molecule has 2 amide bonds. The minimum Gasteiger partial charge on any atom is -0.481 e. The molecule has 0 bridgehead atoms. The first-order valence-corrected chi connectivity index (χ1v) is 9.53. The van der Waals surface area contributed by atoms with Crippen LogP contribution in [0.15, 0.2) is 18.2 Å². The van der Waals surface area contributed by atoms with E-state index in [-0.39, 0.29) is 18.0 Å². The van der Waals surface area contributed by atoms with Gasteiger partial charge in [-0.2, -0.15) is 0 Å². The Bertz CT molecular complexity index is 772. The van der Waals surface area contributed by atoms with Crippen molar-refractivity contribution in [3.63, 3.8) is 0 Å². The molecule has 8 heteroatoms. The fourth-order valence-corrected chi connectivity index (χ4v) is 4.17. The van der Waals surface area contributed by atoms with Gasteiger partial charge >= 0.3 is 12.0 Å². The molecular weight excluding hydrogens is 362 g/mol. The lowest BCUT2D eigenvalue weighted by molar-refractivity contribution is -0.142. The van der Waals surface area contributed by atoms with E-state index in [2.05, 4.69) is 15.6 Å². The van der Waals surface area contributed by atoms with Gasteiger partial charge in [0.05, 0.1) is 21.1 Å². The van der Waals surface area contributed by atoms with Gasteiger partial charge in [0.25, 0.3) is 0 Å². The number of carboxylic acids is 1. The van der Waals surface area contributed by atoms with Crippen molar-refractivity contribution >= 4 is 45.2 Å². The molecule has 1 aromatic carbocycles. The molecule has 1 saturated carbocycles. The lowest BCUT2D eigenvalue weighted by Crippen LogP contribution is -2.44. The molecule has 1 heterocycles. The fraction of sp³-hybridized carbons (Fsp3) is 0.471. The number of aliphatic carboxylic acids is 1. The minimum atomic E-state index is -0.736. The molecule has 3 rings (SSSR count). The van der Waals surface area contributed by atoms with Crippen LogP contribution in [0.25, 0.3) is 10.2 Å². The number of nitrogens with zero attached hydrogens (tertiary/aromatic N) is 1. The third kappa shape index (κ3) is 4.83. The highest BCUT2D eigenvalue weighted by atomic mass is 35.5.